The van der Waals surface area contributed by atoms with Crippen molar-refractivity contribution in [2.75, 3.05) is 0 Å². The van der Waals surface area contributed by atoms with Crippen LogP contribution in [-0.4, -0.2) is 5.97 Å². The quantitative estimate of drug-likeness (QED) is 0.651. The first kappa shape index (κ1) is 12.5. The number of ether oxygens (including phenoxy) is 1. The van der Waals surface area contributed by atoms with Crippen LogP contribution in [-0.2, 0) is 9.53 Å². The van der Waals surface area contributed by atoms with E-state index in [2.05, 4.69) is 20.8 Å². The van der Waals surface area contributed by atoms with E-state index in [1.807, 2.05) is 0 Å². The molecule has 1 aliphatic carbocycles. The molecular formula is C13H23O2. The standard InChI is InChI=1S/C13H23O2/c1-5-15-11(14)13(12(2,3)4)9-7-6-8-10-13/h5H,6-10H2,1-4H3. The van der Waals surface area contributed by atoms with E-state index in [4.69, 9.17) is 4.74 Å². The fraction of sp³-hybridized carbons (Fsp3) is 0.846. The van der Waals surface area contributed by atoms with Crippen molar-refractivity contribution in [3.05, 3.63) is 6.61 Å². The van der Waals surface area contributed by atoms with E-state index in [9.17, 15) is 4.79 Å². The fourth-order valence-electron chi connectivity index (χ4n) is 2.64. The van der Waals surface area contributed by atoms with Crippen LogP contribution in [0.5, 0.6) is 0 Å². The van der Waals surface area contributed by atoms with E-state index < -0.39 is 0 Å². The summed E-state index contributed by atoms with van der Waals surface area (Å²) in [6, 6.07) is 0. The minimum absolute atomic E-state index is 0.00644. The van der Waals surface area contributed by atoms with Crippen LogP contribution in [0.2, 0.25) is 0 Å². The highest BCUT2D eigenvalue weighted by Crippen LogP contribution is 2.50. The van der Waals surface area contributed by atoms with Gasteiger partial charge in [-0.15, -0.1) is 0 Å². The minimum Gasteiger partial charge on any atom is -0.458 e. The Hall–Kier alpha value is -0.530. The molecule has 0 heterocycles. The van der Waals surface area contributed by atoms with Crippen molar-refractivity contribution >= 4 is 5.97 Å². The lowest BCUT2D eigenvalue weighted by molar-refractivity contribution is -0.162. The monoisotopic (exact) mass is 211 g/mol. The van der Waals surface area contributed by atoms with Gasteiger partial charge in [-0.05, 0) is 25.2 Å². The molecule has 0 aromatic heterocycles. The average molecular weight is 211 g/mol. The fourth-order valence-corrected chi connectivity index (χ4v) is 2.64. The Bertz CT molecular complexity index is 219. The van der Waals surface area contributed by atoms with Crippen LogP contribution in [0, 0.1) is 17.4 Å². The average Bonchev–Trinajstić information content (AvgIpc) is 2.17. The summed E-state index contributed by atoms with van der Waals surface area (Å²) < 4.78 is 5.15. The maximum atomic E-state index is 12.1. The lowest BCUT2D eigenvalue weighted by Crippen LogP contribution is -2.45. The third-order valence-corrected chi connectivity index (χ3v) is 3.76. The van der Waals surface area contributed by atoms with Gasteiger partial charge in [0.15, 0.2) is 0 Å². The normalized spacial score (nSPS) is 21.1. The number of esters is 1. The molecule has 1 rings (SSSR count). The van der Waals surface area contributed by atoms with E-state index in [-0.39, 0.29) is 16.8 Å². The van der Waals surface area contributed by atoms with Crippen molar-refractivity contribution in [2.45, 2.75) is 59.8 Å². The van der Waals surface area contributed by atoms with Gasteiger partial charge in [0.25, 0.3) is 0 Å². The molecule has 1 saturated carbocycles. The molecule has 1 fully saturated rings. The maximum Gasteiger partial charge on any atom is 0.313 e. The molecule has 2 nitrogen and oxygen atoms in total. The highest BCUT2D eigenvalue weighted by Gasteiger charge is 2.49. The molecule has 0 atom stereocenters. The summed E-state index contributed by atoms with van der Waals surface area (Å²) in [6.45, 7) is 9.71. The Balaban J connectivity index is 2.90. The molecule has 0 spiro atoms. The Labute approximate surface area is 93.4 Å². The summed E-state index contributed by atoms with van der Waals surface area (Å²) in [7, 11) is 0. The van der Waals surface area contributed by atoms with Crippen LogP contribution in [0.25, 0.3) is 0 Å². The third kappa shape index (κ3) is 2.35. The van der Waals surface area contributed by atoms with Crippen molar-refractivity contribution in [3.63, 3.8) is 0 Å². The summed E-state index contributed by atoms with van der Waals surface area (Å²) >= 11 is 0. The number of hydrogen-bond acceptors (Lipinski definition) is 2. The van der Waals surface area contributed by atoms with E-state index in [1.54, 1.807) is 6.92 Å². The van der Waals surface area contributed by atoms with Gasteiger partial charge < -0.3 is 4.74 Å². The van der Waals surface area contributed by atoms with Crippen LogP contribution in [0.3, 0.4) is 0 Å². The summed E-state index contributed by atoms with van der Waals surface area (Å²) in [5, 5.41) is 0. The van der Waals surface area contributed by atoms with Crippen molar-refractivity contribution < 1.29 is 9.53 Å². The third-order valence-electron chi connectivity index (χ3n) is 3.76. The molecule has 0 amide bonds. The molecule has 0 aromatic rings. The topological polar surface area (TPSA) is 26.3 Å². The van der Waals surface area contributed by atoms with Crippen LogP contribution in [0.1, 0.15) is 59.8 Å². The van der Waals surface area contributed by atoms with Crippen molar-refractivity contribution in [3.8, 4) is 0 Å². The van der Waals surface area contributed by atoms with E-state index in [0.29, 0.717) is 0 Å². The van der Waals surface area contributed by atoms with Gasteiger partial charge in [0, 0.05) is 0 Å². The smallest absolute Gasteiger partial charge is 0.313 e. The van der Waals surface area contributed by atoms with Crippen molar-refractivity contribution in [1.82, 2.24) is 0 Å². The Morgan fingerprint density at radius 2 is 1.73 bits per heavy atom. The second-order valence-electron chi connectivity index (χ2n) is 5.53. The van der Waals surface area contributed by atoms with Crippen LogP contribution in [0.4, 0.5) is 0 Å². The van der Waals surface area contributed by atoms with E-state index in [1.165, 1.54) is 13.0 Å². The van der Waals surface area contributed by atoms with Gasteiger partial charge in [0.2, 0.25) is 0 Å². The predicted octanol–water partition coefficient (Wildman–Crippen LogP) is 3.71. The molecule has 1 radical (unpaired) electrons. The van der Waals surface area contributed by atoms with Gasteiger partial charge in [-0.1, -0.05) is 40.0 Å². The molecule has 1 aliphatic rings. The molecule has 15 heavy (non-hydrogen) atoms. The lowest BCUT2D eigenvalue weighted by Gasteiger charge is -2.45. The van der Waals surface area contributed by atoms with Crippen molar-refractivity contribution in [2.24, 2.45) is 10.8 Å². The lowest BCUT2D eigenvalue weighted by atomic mass is 9.59. The summed E-state index contributed by atoms with van der Waals surface area (Å²) in [5.74, 6) is -0.0304. The van der Waals surface area contributed by atoms with E-state index in [0.717, 1.165) is 25.7 Å². The number of carbonyl (C=O) groups is 1. The SMILES string of the molecule is C[CH]OC(=O)C1(C(C)(C)C)CCCCC1. The van der Waals surface area contributed by atoms with Gasteiger partial charge in [0.1, 0.15) is 6.61 Å². The van der Waals surface area contributed by atoms with Gasteiger partial charge in [-0.2, -0.15) is 0 Å². The predicted molar refractivity (Wildman–Crippen MR) is 61.0 cm³/mol. The number of carbonyl (C=O) groups excluding carboxylic acids is 1. The summed E-state index contributed by atoms with van der Waals surface area (Å²) in [5.41, 5.74) is -0.273. The zero-order valence-corrected chi connectivity index (χ0v) is 10.4. The van der Waals surface area contributed by atoms with Gasteiger partial charge in [0.05, 0.1) is 5.41 Å². The van der Waals surface area contributed by atoms with Crippen LogP contribution in [0.15, 0.2) is 0 Å². The largest absolute Gasteiger partial charge is 0.458 e. The molecule has 0 saturated heterocycles. The molecule has 0 bridgehead atoms. The van der Waals surface area contributed by atoms with Gasteiger partial charge in [-0.25, -0.2) is 0 Å². The van der Waals surface area contributed by atoms with Crippen LogP contribution >= 0.6 is 0 Å². The molecular weight excluding hydrogens is 188 g/mol. The second kappa shape index (κ2) is 4.54. The number of hydrogen-bond donors (Lipinski definition) is 0. The second-order valence-corrected chi connectivity index (χ2v) is 5.53. The molecule has 0 aliphatic heterocycles. The summed E-state index contributed by atoms with van der Waals surface area (Å²) in [4.78, 5) is 12.1. The van der Waals surface area contributed by atoms with Crippen LogP contribution < -0.4 is 0 Å². The Morgan fingerprint density at radius 1 is 1.20 bits per heavy atom. The Morgan fingerprint density at radius 3 is 2.13 bits per heavy atom. The first-order valence-corrected chi connectivity index (χ1v) is 5.93. The number of rotatable bonds is 2. The van der Waals surface area contributed by atoms with Crippen molar-refractivity contribution in [1.29, 1.82) is 0 Å². The Kier molecular flexibility index (Phi) is 3.80. The highest BCUT2D eigenvalue weighted by atomic mass is 16.5. The first-order chi connectivity index (χ1) is 6.94. The minimum atomic E-state index is -0.266. The van der Waals surface area contributed by atoms with Gasteiger partial charge in [-0.3, -0.25) is 4.79 Å². The molecule has 0 aromatic carbocycles. The first-order valence-electron chi connectivity index (χ1n) is 5.93. The highest BCUT2D eigenvalue weighted by molar-refractivity contribution is 5.78. The maximum absolute atomic E-state index is 12.1. The summed E-state index contributed by atoms with van der Waals surface area (Å²) in [6.07, 6.45) is 5.50. The van der Waals surface area contributed by atoms with Gasteiger partial charge >= 0.3 is 5.97 Å². The van der Waals surface area contributed by atoms with E-state index >= 15 is 0 Å². The molecule has 87 valence electrons. The molecule has 0 N–H and O–H groups in total. The molecule has 0 unspecified atom stereocenters. The molecule has 2 heteroatoms. The zero-order valence-electron chi connectivity index (χ0n) is 10.4. The zero-order chi connectivity index (χ0) is 11.5.